The molecule has 47 nitrogen and oxygen atoms in total. The van der Waals surface area contributed by atoms with Crippen LogP contribution < -0.4 is 53.4 Å². The quantitative estimate of drug-likeness (QED) is 0.0233. The molecule has 122 heavy (non-hydrogen) atoms. The van der Waals surface area contributed by atoms with Gasteiger partial charge in [0.05, 0.1) is 80.9 Å². The summed E-state index contributed by atoms with van der Waals surface area (Å²) in [5.74, 6) is -29.0. The first-order valence-electron chi connectivity index (χ1n) is 37.5. The molecule has 8 amide bonds. The summed E-state index contributed by atoms with van der Waals surface area (Å²) in [6.45, 7) is -5.32. The summed E-state index contributed by atoms with van der Waals surface area (Å²) < 4.78 is 42.0. The van der Waals surface area contributed by atoms with Gasteiger partial charge in [-0.25, -0.2) is 19.6 Å². The molecule has 0 fully saturated rings. The summed E-state index contributed by atoms with van der Waals surface area (Å²) in [4.78, 5) is 228. The number of nitrogens with two attached hydrogens (primary N) is 1. The largest absolute Gasteiger partial charge is 0.481 e. The molecule has 2 aromatic heterocycles. The number of halogens is 3. The maximum atomic E-state index is 14.8. The molecule has 682 valence electrons. The molecule has 2 heterocycles. The van der Waals surface area contributed by atoms with E-state index in [2.05, 4.69) is 69.8 Å². The zero-order chi connectivity index (χ0) is 92.3. The van der Waals surface area contributed by atoms with Crippen molar-refractivity contribution in [3.63, 3.8) is 0 Å². The van der Waals surface area contributed by atoms with E-state index >= 15 is 0 Å². The van der Waals surface area contributed by atoms with Crippen molar-refractivity contribution in [2.75, 3.05) is 55.8 Å². The number of aliphatic hydroxyl groups is 14. The smallest absolute Gasteiger partial charge is 0.471 e. The van der Waals surface area contributed by atoms with Gasteiger partial charge in [0.1, 0.15) is 54.5 Å². The molecule has 28 N–H and O–H groups in total. The number of H-pyrrole nitrogens is 1. The lowest BCUT2D eigenvalue weighted by Crippen LogP contribution is -2.50. The van der Waals surface area contributed by atoms with E-state index in [1.807, 2.05) is 0 Å². The number of rotatable bonds is 58. The third-order valence-corrected chi connectivity index (χ3v) is 19.5. The van der Waals surface area contributed by atoms with Gasteiger partial charge in [-0.2, -0.15) is 30.8 Å². The number of amides is 8. The Kier molecular flexibility index (Phi) is 44.5. The lowest BCUT2D eigenvalue weighted by Gasteiger charge is -2.27. The lowest BCUT2D eigenvalue weighted by molar-refractivity contribution is -0.170. The number of aromatic nitrogens is 4. The number of anilines is 2. The number of hydrogen-bond donors (Lipinski definition) is 28. The monoisotopic (exact) mass is 1770 g/mol. The standard InChI is InChI=1S/C71H102F3N13O34S/c1-30(47(97)26-88)56(107)44(94)22-76-51(101)15-6-34(65(115)84-41(29-122)68(119)120)20-43(93)39(12-17-54(105)106)82-64(114)33(5-14-52(102)78-24-46(96)58(109)60(111)49(99)28-90)19-42(92)38(11-16-53(103)104)81-63(113)32(4-13-50(100)77-23-45(95)57(108)59(110)48(98)27-89)18-37(91)9-10-40(67(117)118)83-62(112)31-2-7-36(8-3-31)87(69(121)71(72,73)74)25-35-21-79-61-55(80-35)66(116)86-70(75)85-61/h2-3,7-8,21,30,32-34,38-41,44-49,56-60,88-90,94-99,107-111,122H,4-6,9-20,22-29H2,1H3,(H,76,101)(H,77,100)(H,78,102)(H,81,113)(H,82,114)(H,83,112)(H,84,115)(H,103,104)(H,105,106)(H,117,118)(H,119,120)(H3,75,79,85,86,116)/t30-,32-,33-,34-,38-,39-,40-,41-,44+,45+,46+,47-,48-,49-,56+,57-,58-,59-,60-/m1/s1. The van der Waals surface area contributed by atoms with E-state index in [1.165, 1.54) is 6.92 Å². The molecular formula is C71H102F3N13O34S. The number of hydrogen-bond acceptors (Lipinski definition) is 35. The summed E-state index contributed by atoms with van der Waals surface area (Å²) in [5, 5.41) is 195. The number of ketones is 3. The van der Waals surface area contributed by atoms with Crippen LogP contribution in [0.2, 0.25) is 0 Å². The Morgan fingerprint density at radius 1 is 0.500 bits per heavy atom. The predicted molar refractivity (Wildman–Crippen MR) is 408 cm³/mol. The number of aliphatic carboxylic acids is 4. The van der Waals surface area contributed by atoms with Crippen molar-refractivity contribution in [2.45, 2.75) is 207 Å². The average molecular weight is 1770 g/mol. The van der Waals surface area contributed by atoms with Gasteiger partial charge in [0.15, 0.2) is 22.7 Å². The van der Waals surface area contributed by atoms with Gasteiger partial charge in [-0.15, -0.1) is 0 Å². The Morgan fingerprint density at radius 3 is 1.29 bits per heavy atom. The van der Waals surface area contributed by atoms with Crippen LogP contribution in [0.5, 0.6) is 0 Å². The Hall–Kier alpha value is -10.5. The average Bonchev–Trinajstić information content (AvgIpc) is 0.795. The Balaban J connectivity index is 2.10. The van der Waals surface area contributed by atoms with Crippen LogP contribution in [0.15, 0.2) is 35.3 Å². The van der Waals surface area contributed by atoms with Gasteiger partial charge in [-0.05, 0) is 62.8 Å². The molecule has 0 unspecified atom stereocenters. The van der Waals surface area contributed by atoms with E-state index in [0.717, 1.165) is 30.5 Å². The number of benzene rings is 1. The molecule has 0 saturated carbocycles. The molecule has 19 atom stereocenters. The minimum absolute atomic E-state index is 0.148. The molecule has 0 aliphatic rings. The molecule has 0 spiro atoms. The maximum absolute atomic E-state index is 14.8. The van der Waals surface area contributed by atoms with Crippen LogP contribution in [-0.4, -0.2) is 343 Å². The molecule has 0 saturated heterocycles. The Bertz CT molecular complexity index is 4140. The number of aromatic amines is 1. The van der Waals surface area contributed by atoms with Crippen molar-refractivity contribution < 1.29 is 177 Å². The van der Waals surface area contributed by atoms with Crippen molar-refractivity contribution in [2.24, 2.45) is 23.7 Å². The fraction of sp³-hybridized carbons (Fsp3) is 0.620. The van der Waals surface area contributed by atoms with E-state index < -0.39 is 380 Å². The van der Waals surface area contributed by atoms with Crippen LogP contribution in [0.25, 0.3) is 11.2 Å². The van der Waals surface area contributed by atoms with Gasteiger partial charge in [-0.1, -0.05) is 6.92 Å². The molecule has 0 aliphatic heterocycles. The number of carbonyl (C=O) groups excluding carboxylic acids is 11. The summed E-state index contributed by atoms with van der Waals surface area (Å²) in [6.07, 6.45) is -40.3. The number of carboxylic acids is 4. The van der Waals surface area contributed by atoms with Gasteiger partial charge in [-0.3, -0.25) is 77.0 Å². The van der Waals surface area contributed by atoms with Crippen LogP contribution in [0.1, 0.15) is 119 Å². The predicted octanol–water partition coefficient (Wildman–Crippen LogP) is -9.45. The number of nitrogens with one attached hydrogen (secondary N) is 8. The van der Waals surface area contributed by atoms with Crippen molar-refractivity contribution in [1.82, 2.24) is 57.2 Å². The zero-order valence-corrected chi connectivity index (χ0v) is 66.0. The van der Waals surface area contributed by atoms with Gasteiger partial charge >= 0.3 is 36.0 Å². The summed E-state index contributed by atoms with van der Waals surface area (Å²) in [5.41, 5.74) is 2.43. The number of Topliss-reactive ketones (excluding diaryl/α,β-unsaturated/α-hetero) is 3. The lowest BCUT2D eigenvalue weighted by atomic mass is 9.89. The molecule has 0 radical (unpaired) electrons. The van der Waals surface area contributed by atoms with E-state index in [9.17, 15) is 182 Å². The fourth-order valence-electron chi connectivity index (χ4n) is 11.7. The van der Waals surface area contributed by atoms with Crippen molar-refractivity contribution in [3.8, 4) is 0 Å². The van der Waals surface area contributed by atoms with E-state index in [1.54, 1.807) is 0 Å². The number of fused-ring (bicyclic) bond motifs is 1. The van der Waals surface area contributed by atoms with Crippen LogP contribution in [0.4, 0.5) is 24.8 Å². The Morgan fingerprint density at radius 2 is 0.893 bits per heavy atom. The molecular weight excluding hydrogens is 1670 g/mol. The fourth-order valence-corrected chi connectivity index (χ4v) is 11.9. The number of thiol groups is 1. The number of nitrogen functional groups attached to an aromatic ring is 1. The second kappa shape index (κ2) is 51.4. The normalized spacial score (nSPS) is 16.3. The summed E-state index contributed by atoms with van der Waals surface area (Å²) in [6, 6.07) is -4.52. The summed E-state index contributed by atoms with van der Waals surface area (Å²) >= 11 is 3.90. The molecule has 3 rings (SSSR count). The second-order valence-corrected chi connectivity index (χ2v) is 28.7. The highest BCUT2D eigenvalue weighted by Crippen LogP contribution is 2.28. The van der Waals surface area contributed by atoms with Crippen molar-refractivity contribution in [3.05, 3.63) is 52.1 Å². The van der Waals surface area contributed by atoms with Crippen LogP contribution >= 0.6 is 12.6 Å². The van der Waals surface area contributed by atoms with Crippen molar-refractivity contribution >= 4 is 124 Å². The number of carbonyl (C=O) groups is 15. The van der Waals surface area contributed by atoms with Gasteiger partial charge in [0.2, 0.25) is 41.4 Å². The highest BCUT2D eigenvalue weighted by molar-refractivity contribution is 7.80. The molecule has 3 aromatic rings. The molecule has 1 aromatic carbocycles. The Labute approximate surface area is 694 Å². The van der Waals surface area contributed by atoms with Crippen LogP contribution in [0, 0.1) is 23.7 Å². The first-order valence-corrected chi connectivity index (χ1v) is 38.1. The minimum Gasteiger partial charge on any atom is -0.481 e. The third kappa shape index (κ3) is 35.1. The van der Waals surface area contributed by atoms with E-state index in [4.69, 9.17) is 5.73 Å². The SMILES string of the molecule is C[C@@H]([C@H](O)[C@@H](O)CNC(=O)CC[C@H](CC(=O)[C@@H](CCC(=O)O)NC(=O)[C@H](CCC(=O)NC[C@H](O)[C@@H](O)[C@H](O)[C@H](O)CO)CC(=O)[C@@H](CCC(=O)O)NC(=O)[C@H](CCC(=O)NC[C@H](O)[C@@H](O)[C@H](O)[C@H](O)CO)CC(=O)CC[C@@H](NC(=O)c1ccc(N(Cc2cnc3nc(N)[nH]c(=O)c3n2)C(=O)C(F)(F)F)cc1)C(=O)O)C(=O)N[C@H](CS)C(=O)O)[C@H](O)CO. The number of carboxylic acid groups (broad SMARTS) is 4. The van der Waals surface area contributed by atoms with Crippen LogP contribution in [0.3, 0.4) is 0 Å². The summed E-state index contributed by atoms with van der Waals surface area (Å²) in [7, 11) is 0. The van der Waals surface area contributed by atoms with E-state index in [0.29, 0.717) is 0 Å². The number of nitrogens with zero attached hydrogens (tertiary/aromatic N) is 4. The van der Waals surface area contributed by atoms with E-state index in [-0.39, 0.29) is 22.2 Å². The molecule has 0 bridgehead atoms. The zero-order valence-electron chi connectivity index (χ0n) is 65.1. The maximum Gasteiger partial charge on any atom is 0.471 e. The number of aliphatic hydroxyl groups excluding tert-OH is 14. The second-order valence-electron chi connectivity index (χ2n) is 28.4. The van der Waals surface area contributed by atoms with Gasteiger partial charge < -0.3 is 135 Å². The first kappa shape index (κ1) is 106. The van der Waals surface area contributed by atoms with Crippen LogP contribution in [-0.2, 0) is 73.7 Å². The molecule has 0 aliphatic carbocycles. The minimum atomic E-state index is -5.53. The van der Waals surface area contributed by atoms with Crippen molar-refractivity contribution in [1.29, 1.82) is 0 Å². The molecule has 51 heteroatoms. The van der Waals surface area contributed by atoms with Gasteiger partial charge in [0.25, 0.3) is 11.5 Å². The highest BCUT2D eigenvalue weighted by atomic mass is 32.1. The highest BCUT2D eigenvalue weighted by Gasteiger charge is 2.44. The third-order valence-electron chi connectivity index (χ3n) is 19.1. The van der Waals surface area contributed by atoms with Gasteiger partial charge in [0, 0.05) is 118 Å². The first-order chi connectivity index (χ1) is 57.1. The number of alkyl halides is 3. The topological polar surface area (TPSA) is 805 Å².